The number of hydrogen-bond acceptors (Lipinski definition) is 4. The van der Waals surface area contributed by atoms with Crippen LogP contribution in [0.15, 0.2) is 115 Å². The first-order valence-corrected chi connectivity index (χ1v) is 13.9. The predicted octanol–water partition coefficient (Wildman–Crippen LogP) is 8.80. The molecule has 3 aromatic heterocycles. The van der Waals surface area contributed by atoms with Gasteiger partial charge in [-0.2, -0.15) is 0 Å². The third kappa shape index (κ3) is 4.61. The SMILES string of the molecule is CC(C)(C)c1ccnc(-n2c3ccccc3c3ccc(-c4nc(-c5ccccc5)nc(-c5cccc(F)c5)n4)cc32)c1. The normalized spacial score (nSPS) is 11.8. The van der Waals surface area contributed by atoms with E-state index in [0.717, 1.165) is 38.8 Å². The molecule has 42 heavy (non-hydrogen) atoms. The molecular formula is C36H28FN5. The Bertz CT molecular complexity index is 2090. The van der Waals surface area contributed by atoms with E-state index in [4.69, 9.17) is 19.9 Å². The first-order valence-electron chi connectivity index (χ1n) is 13.9. The lowest BCUT2D eigenvalue weighted by atomic mass is 9.88. The van der Waals surface area contributed by atoms with Gasteiger partial charge in [-0.1, -0.05) is 93.6 Å². The predicted molar refractivity (Wildman–Crippen MR) is 167 cm³/mol. The smallest absolute Gasteiger partial charge is 0.164 e. The van der Waals surface area contributed by atoms with Gasteiger partial charge in [0.1, 0.15) is 11.6 Å². The van der Waals surface area contributed by atoms with Crippen LogP contribution in [-0.4, -0.2) is 24.5 Å². The third-order valence-corrected chi connectivity index (χ3v) is 7.52. The lowest BCUT2D eigenvalue weighted by molar-refractivity contribution is 0.588. The first kappa shape index (κ1) is 25.7. The number of fused-ring (bicyclic) bond motifs is 3. The van der Waals surface area contributed by atoms with E-state index in [1.54, 1.807) is 6.07 Å². The average molecular weight is 550 g/mol. The van der Waals surface area contributed by atoms with Gasteiger partial charge in [-0.15, -0.1) is 0 Å². The van der Waals surface area contributed by atoms with E-state index in [9.17, 15) is 4.39 Å². The number of benzene rings is 4. The topological polar surface area (TPSA) is 56.5 Å². The molecule has 4 aromatic carbocycles. The molecule has 3 heterocycles. The second-order valence-electron chi connectivity index (χ2n) is 11.4. The second-order valence-corrected chi connectivity index (χ2v) is 11.4. The fourth-order valence-electron chi connectivity index (χ4n) is 5.34. The van der Waals surface area contributed by atoms with Crippen LogP contribution in [0.1, 0.15) is 26.3 Å². The molecule has 0 fully saturated rings. The number of hydrogen-bond donors (Lipinski definition) is 0. The first-order chi connectivity index (χ1) is 20.3. The number of halogens is 1. The largest absolute Gasteiger partial charge is 0.294 e. The van der Waals surface area contributed by atoms with Crippen molar-refractivity contribution in [3.63, 3.8) is 0 Å². The lowest BCUT2D eigenvalue weighted by Crippen LogP contribution is -2.12. The van der Waals surface area contributed by atoms with E-state index in [0.29, 0.717) is 23.0 Å². The molecule has 0 saturated heterocycles. The molecule has 0 N–H and O–H groups in total. The van der Waals surface area contributed by atoms with Crippen molar-refractivity contribution in [1.82, 2.24) is 24.5 Å². The van der Waals surface area contributed by atoms with E-state index in [1.165, 1.54) is 17.7 Å². The standard InChI is InChI=1S/C36H28FN5/c1-36(2,3)26-18-19-38-32(22-26)42-30-15-8-7-14-28(30)29-17-16-25(21-31(29)42)35-40-33(23-10-5-4-6-11-23)39-34(41-35)24-12-9-13-27(37)20-24/h4-22H,1-3H3. The molecule has 0 aliphatic rings. The van der Waals surface area contributed by atoms with Gasteiger partial charge in [-0.05, 0) is 47.4 Å². The summed E-state index contributed by atoms with van der Waals surface area (Å²) in [6.07, 6.45) is 1.88. The zero-order valence-corrected chi connectivity index (χ0v) is 23.6. The van der Waals surface area contributed by atoms with Gasteiger partial charge in [0.05, 0.1) is 11.0 Å². The van der Waals surface area contributed by atoms with Crippen LogP contribution < -0.4 is 0 Å². The number of aromatic nitrogens is 5. The van der Waals surface area contributed by atoms with Crippen molar-refractivity contribution in [1.29, 1.82) is 0 Å². The van der Waals surface area contributed by atoms with Gasteiger partial charge in [-0.3, -0.25) is 4.57 Å². The van der Waals surface area contributed by atoms with Gasteiger partial charge < -0.3 is 0 Å². The van der Waals surface area contributed by atoms with E-state index in [2.05, 4.69) is 73.9 Å². The zero-order valence-electron chi connectivity index (χ0n) is 23.6. The third-order valence-electron chi connectivity index (χ3n) is 7.52. The Morgan fingerprint density at radius 2 is 1.21 bits per heavy atom. The summed E-state index contributed by atoms with van der Waals surface area (Å²) in [4.78, 5) is 19.3. The van der Waals surface area contributed by atoms with Crippen LogP contribution in [0.2, 0.25) is 0 Å². The zero-order chi connectivity index (χ0) is 28.8. The molecule has 0 aliphatic carbocycles. The summed E-state index contributed by atoms with van der Waals surface area (Å²) in [7, 11) is 0. The minimum atomic E-state index is -0.341. The molecule has 7 rings (SSSR count). The molecule has 0 radical (unpaired) electrons. The van der Waals surface area contributed by atoms with E-state index < -0.39 is 0 Å². The highest BCUT2D eigenvalue weighted by atomic mass is 19.1. The maximum atomic E-state index is 14.2. The van der Waals surface area contributed by atoms with Gasteiger partial charge >= 0.3 is 0 Å². The van der Waals surface area contributed by atoms with Crippen LogP contribution in [0.25, 0.3) is 61.8 Å². The summed E-state index contributed by atoms with van der Waals surface area (Å²) in [5.74, 6) is 1.97. The summed E-state index contributed by atoms with van der Waals surface area (Å²) >= 11 is 0. The molecule has 0 aliphatic heterocycles. The fourth-order valence-corrected chi connectivity index (χ4v) is 5.34. The summed E-state index contributed by atoms with van der Waals surface area (Å²) in [6.45, 7) is 6.62. The monoisotopic (exact) mass is 549 g/mol. The van der Waals surface area contributed by atoms with Crippen molar-refractivity contribution in [2.24, 2.45) is 0 Å². The van der Waals surface area contributed by atoms with Crippen molar-refractivity contribution in [2.45, 2.75) is 26.2 Å². The minimum absolute atomic E-state index is 0.0202. The molecule has 0 bridgehead atoms. The quantitative estimate of drug-likeness (QED) is 0.220. The maximum absolute atomic E-state index is 14.2. The number of rotatable bonds is 4. The minimum Gasteiger partial charge on any atom is -0.294 e. The Morgan fingerprint density at radius 3 is 1.95 bits per heavy atom. The molecule has 0 saturated carbocycles. The van der Waals surface area contributed by atoms with Crippen molar-refractivity contribution >= 4 is 21.8 Å². The fraction of sp³-hybridized carbons (Fsp3) is 0.111. The van der Waals surface area contributed by atoms with Crippen LogP contribution in [0.3, 0.4) is 0 Å². The van der Waals surface area contributed by atoms with Crippen LogP contribution in [0.5, 0.6) is 0 Å². The summed E-state index contributed by atoms with van der Waals surface area (Å²) in [6, 6.07) is 35.0. The highest BCUT2D eigenvalue weighted by molar-refractivity contribution is 6.10. The average Bonchev–Trinajstić information content (AvgIpc) is 3.34. The van der Waals surface area contributed by atoms with Crippen molar-refractivity contribution < 1.29 is 4.39 Å². The Morgan fingerprint density at radius 1 is 0.571 bits per heavy atom. The maximum Gasteiger partial charge on any atom is 0.164 e. The van der Waals surface area contributed by atoms with Gasteiger partial charge in [0.2, 0.25) is 0 Å². The van der Waals surface area contributed by atoms with Crippen LogP contribution in [-0.2, 0) is 5.41 Å². The van der Waals surface area contributed by atoms with Crippen molar-refractivity contribution in [3.05, 3.63) is 127 Å². The Labute approximate surface area is 243 Å². The lowest BCUT2D eigenvalue weighted by Gasteiger charge is -2.20. The summed E-state index contributed by atoms with van der Waals surface area (Å²) < 4.78 is 16.4. The van der Waals surface area contributed by atoms with E-state index >= 15 is 0 Å². The van der Waals surface area contributed by atoms with Crippen LogP contribution >= 0.6 is 0 Å². The Kier molecular flexibility index (Phi) is 6.12. The molecule has 0 unspecified atom stereocenters. The summed E-state index contributed by atoms with van der Waals surface area (Å²) in [5.41, 5.74) is 5.54. The molecule has 0 spiro atoms. The summed E-state index contributed by atoms with van der Waals surface area (Å²) in [5, 5.41) is 2.25. The molecular weight excluding hydrogens is 521 g/mol. The Hall–Kier alpha value is -5.23. The molecule has 7 aromatic rings. The number of pyridine rings is 1. The van der Waals surface area contributed by atoms with Crippen molar-refractivity contribution in [3.8, 4) is 40.0 Å². The van der Waals surface area contributed by atoms with Crippen molar-refractivity contribution in [2.75, 3.05) is 0 Å². The van der Waals surface area contributed by atoms with Crippen LogP contribution in [0, 0.1) is 5.82 Å². The molecule has 0 amide bonds. The number of para-hydroxylation sites is 1. The molecule has 204 valence electrons. The highest BCUT2D eigenvalue weighted by Gasteiger charge is 2.19. The highest BCUT2D eigenvalue weighted by Crippen LogP contribution is 2.35. The van der Waals surface area contributed by atoms with E-state index in [-0.39, 0.29) is 11.2 Å². The van der Waals surface area contributed by atoms with E-state index in [1.807, 2.05) is 48.7 Å². The molecule has 6 heteroatoms. The van der Waals surface area contributed by atoms with Gasteiger partial charge in [-0.25, -0.2) is 24.3 Å². The second kappa shape index (κ2) is 10.00. The molecule has 5 nitrogen and oxygen atoms in total. The van der Waals surface area contributed by atoms with Gasteiger partial charge in [0.15, 0.2) is 17.5 Å². The molecule has 0 atom stereocenters. The van der Waals surface area contributed by atoms with Gasteiger partial charge in [0.25, 0.3) is 0 Å². The number of nitrogens with zero attached hydrogens (tertiary/aromatic N) is 5. The Balaban J connectivity index is 1.47. The van der Waals surface area contributed by atoms with Gasteiger partial charge in [0, 0.05) is 33.7 Å². The van der Waals surface area contributed by atoms with Crippen LogP contribution in [0.4, 0.5) is 4.39 Å².